The number of alkyl halides is 1. The van der Waals surface area contributed by atoms with Crippen LogP contribution in [0.15, 0.2) is 25.2 Å². The summed E-state index contributed by atoms with van der Waals surface area (Å²) in [5.74, 6) is 0.720. The molecule has 2 atom stereocenters. The summed E-state index contributed by atoms with van der Waals surface area (Å²) in [6.45, 7) is 7.73. The summed E-state index contributed by atoms with van der Waals surface area (Å²) < 4.78 is 21.7. The van der Waals surface area contributed by atoms with Crippen LogP contribution in [0.25, 0.3) is 11.2 Å². The fourth-order valence-electron chi connectivity index (χ4n) is 3.47. The molecule has 0 aromatic carbocycles. The Hall–Kier alpha value is -3.70. The normalized spacial score (nSPS) is 18.5. The van der Waals surface area contributed by atoms with Crippen LogP contribution in [0.3, 0.4) is 0 Å². The van der Waals surface area contributed by atoms with E-state index in [1.54, 1.807) is 17.4 Å². The van der Waals surface area contributed by atoms with Gasteiger partial charge in [-0.3, -0.25) is 9.89 Å². The number of amides is 1. The molecular formula is C19H24FN9O2. The van der Waals surface area contributed by atoms with Gasteiger partial charge in [0.25, 0.3) is 5.88 Å². The number of H-pyrrole nitrogens is 1. The number of nitrogens with zero attached hydrogens (tertiary/aromatic N) is 6. The van der Waals surface area contributed by atoms with E-state index in [1.165, 1.54) is 7.11 Å². The van der Waals surface area contributed by atoms with E-state index < -0.39 is 18.1 Å². The molecule has 2 unspecified atom stereocenters. The quantitative estimate of drug-likeness (QED) is 0.485. The summed E-state index contributed by atoms with van der Waals surface area (Å²) in [5, 5.41) is 12.5. The van der Waals surface area contributed by atoms with E-state index in [1.807, 2.05) is 18.4 Å². The van der Waals surface area contributed by atoms with Crippen molar-refractivity contribution in [3.05, 3.63) is 25.2 Å². The van der Waals surface area contributed by atoms with Crippen molar-refractivity contribution >= 4 is 34.5 Å². The van der Waals surface area contributed by atoms with Gasteiger partial charge in [0, 0.05) is 18.8 Å². The van der Waals surface area contributed by atoms with Crippen LogP contribution in [0, 0.1) is 0 Å². The average Bonchev–Trinajstić information content (AvgIpc) is 3.46. The van der Waals surface area contributed by atoms with Crippen LogP contribution in [0.1, 0.15) is 19.9 Å². The van der Waals surface area contributed by atoms with Gasteiger partial charge in [0.1, 0.15) is 11.9 Å². The Morgan fingerprint density at radius 3 is 2.94 bits per heavy atom. The number of methoxy groups -OCH3 is 1. The van der Waals surface area contributed by atoms with Gasteiger partial charge in [0.15, 0.2) is 17.0 Å². The number of hydrogen-bond donors (Lipinski definition) is 3. The van der Waals surface area contributed by atoms with E-state index in [0.29, 0.717) is 34.5 Å². The maximum atomic E-state index is 14.6. The molecule has 0 aliphatic carbocycles. The molecule has 1 amide bonds. The van der Waals surface area contributed by atoms with Gasteiger partial charge in [0.05, 0.1) is 26.0 Å². The molecule has 1 fully saturated rings. The highest BCUT2D eigenvalue weighted by Crippen LogP contribution is 2.31. The second-order valence-electron chi connectivity index (χ2n) is 7.46. The van der Waals surface area contributed by atoms with Crippen LogP contribution in [-0.2, 0) is 4.79 Å². The number of nitrogens with one attached hydrogen (secondary N) is 3. The third-order valence-electron chi connectivity index (χ3n) is 5.06. The number of halogens is 1. The number of imidazole rings is 1. The molecule has 0 bridgehead atoms. The maximum absolute atomic E-state index is 14.6. The third-order valence-corrected chi connectivity index (χ3v) is 5.06. The Morgan fingerprint density at radius 2 is 2.23 bits per heavy atom. The van der Waals surface area contributed by atoms with E-state index in [-0.39, 0.29) is 19.1 Å². The van der Waals surface area contributed by atoms with E-state index in [0.717, 1.165) is 6.08 Å². The minimum Gasteiger partial charge on any atom is -0.478 e. The van der Waals surface area contributed by atoms with Crippen molar-refractivity contribution in [2.75, 3.05) is 30.4 Å². The van der Waals surface area contributed by atoms with E-state index in [2.05, 4.69) is 42.4 Å². The topological polar surface area (TPSA) is 126 Å². The van der Waals surface area contributed by atoms with Gasteiger partial charge in [0.2, 0.25) is 11.9 Å². The number of aromatic amines is 1. The number of hydrogen-bond acceptors (Lipinski definition) is 8. The maximum Gasteiger partial charge on any atom is 0.256 e. The van der Waals surface area contributed by atoms with Crippen LogP contribution in [-0.4, -0.2) is 68.0 Å². The van der Waals surface area contributed by atoms with Crippen LogP contribution >= 0.6 is 0 Å². The highest BCUT2D eigenvalue weighted by Gasteiger charge is 2.35. The van der Waals surface area contributed by atoms with Gasteiger partial charge in [-0.15, -0.1) is 5.10 Å². The lowest BCUT2D eigenvalue weighted by atomic mass is 10.2. The third kappa shape index (κ3) is 3.88. The zero-order chi connectivity index (χ0) is 22.1. The molecule has 31 heavy (non-hydrogen) atoms. The second-order valence-corrected chi connectivity index (χ2v) is 7.46. The van der Waals surface area contributed by atoms with E-state index in [4.69, 9.17) is 4.74 Å². The number of anilines is 3. The second kappa shape index (κ2) is 8.20. The number of aromatic nitrogens is 6. The van der Waals surface area contributed by atoms with Gasteiger partial charge >= 0.3 is 0 Å². The van der Waals surface area contributed by atoms with Crippen molar-refractivity contribution in [2.24, 2.45) is 0 Å². The molecular weight excluding hydrogens is 405 g/mol. The van der Waals surface area contributed by atoms with Crippen LogP contribution in [0.4, 0.5) is 21.8 Å². The van der Waals surface area contributed by atoms with E-state index >= 15 is 0 Å². The molecule has 0 saturated carbocycles. The molecule has 1 saturated heterocycles. The van der Waals surface area contributed by atoms with Crippen LogP contribution in [0.2, 0.25) is 0 Å². The first-order valence-electron chi connectivity index (χ1n) is 9.82. The van der Waals surface area contributed by atoms with E-state index in [9.17, 15) is 9.18 Å². The minimum atomic E-state index is -1.26. The largest absolute Gasteiger partial charge is 0.478 e. The number of carbonyl (C=O) groups excluding carboxylic acids is 1. The van der Waals surface area contributed by atoms with Crippen molar-refractivity contribution in [3.8, 4) is 5.88 Å². The fraction of sp³-hybridized carbons (Fsp3) is 0.421. The molecule has 12 heteroatoms. The Labute approximate surface area is 177 Å². The Kier molecular flexibility index (Phi) is 5.44. The van der Waals surface area contributed by atoms with Crippen molar-refractivity contribution in [2.45, 2.75) is 32.1 Å². The first kappa shape index (κ1) is 20.6. The van der Waals surface area contributed by atoms with Gasteiger partial charge in [-0.1, -0.05) is 6.58 Å². The molecule has 1 aliphatic heterocycles. The number of carbonyl (C=O) groups is 1. The SMILES string of the molecule is C=CC(=O)NC1CN(c2nc(Nc3c[nH]nc3OC)c3ncn(C(C)C)c3n2)CC1F. The molecule has 4 heterocycles. The monoisotopic (exact) mass is 429 g/mol. The molecule has 0 radical (unpaired) electrons. The van der Waals surface area contributed by atoms with Gasteiger partial charge in [-0.25, -0.2) is 9.37 Å². The first-order chi connectivity index (χ1) is 14.9. The summed E-state index contributed by atoms with van der Waals surface area (Å²) in [6, 6.07) is -0.568. The lowest BCUT2D eigenvalue weighted by molar-refractivity contribution is -0.117. The van der Waals surface area contributed by atoms with Crippen molar-refractivity contribution < 1.29 is 13.9 Å². The molecule has 3 aromatic heterocycles. The molecule has 11 nitrogen and oxygen atoms in total. The van der Waals surface area contributed by atoms with Gasteiger partial charge in [-0.2, -0.15) is 9.97 Å². The molecule has 164 valence electrons. The minimum absolute atomic E-state index is 0.0535. The number of fused-ring (bicyclic) bond motifs is 1. The Morgan fingerprint density at radius 1 is 1.42 bits per heavy atom. The lowest BCUT2D eigenvalue weighted by Crippen LogP contribution is -2.40. The fourth-order valence-corrected chi connectivity index (χ4v) is 3.47. The van der Waals surface area contributed by atoms with Gasteiger partial charge < -0.3 is 24.8 Å². The highest BCUT2D eigenvalue weighted by atomic mass is 19.1. The Bertz CT molecular complexity index is 1110. The number of rotatable bonds is 7. The lowest BCUT2D eigenvalue weighted by Gasteiger charge is -2.18. The predicted molar refractivity (Wildman–Crippen MR) is 113 cm³/mol. The molecule has 4 rings (SSSR count). The Balaban J connectivity index is 1.73. The molecule has 3 aromatic rings. The first-order valence-corrected chi connectivity index (χ1v) is 9.82. The van der Waals surface area contributed by atoms with Crippen molar-refractivity contribution in [1.29, 1.82) is 0 Å². The van der Waals surface area contributed by atoms with Crippen molar-refractivity contribution in [3.63, 3.8) is 0 Å². The summed E-state index contributed by atoms with van der Waals surface area (Å²) in [6.07, 6.45) is 3.20. The smallest absolute Gasteiger partial charge is 0.256 e. The summed E-state index contributed by atoms with van der Waals surface area (Å²) in [5.41, 5.74) is 1.75. The van der Waals surface area contributed by atoms with Gasteiger partial charge in [-0.05, 0) is 19.9 Å². The zero-order valence-electron chi connectivity index (χ0n) is 17.5. The standard InChI is InChI=1S/C19H24FN9O2/c1-5-14(30)23-13-8-28(7-11(13)20)19-25-16(24-12-6-22-27-18(12)31-4)15-17(26-19)29(9-21-15)10(2)3/h5-6,9-11,13H,1,7-8H2,2-4H3,(H,22,27)(H,23,30)(H,24,25,26). The highest BCUT2D eigenvalue weighted by molar-refractivity contribution is 5.88. The molecule has 3 N–H and O–H groups in total. The predicted octanol–water partition coefficient (Wildman–Crippen LogP) is 1.71. The molecule has 0 spiro atoms. The van der Waals surface area contributed by atoms with Crippen LogP contribution < -0.4 is 20.3 Å². The summed E-state index contributed by atoms with van der Waals surface area (Å²) in [4.78, 5) is 27.1. The zero-order valence-corrected chi connectivity index (χ0v) is 17.5. The average molecular weight is 429 g/mol. The molecule has 1 aliphatic rings. The summed E-state index contributed by atoms with van der Waals surface area (Å²) >= 11 is 0. The summed E-state index contributed by atoms with van der Waals surface area (Å²) in [7, 11) is 1.51. The number of ether oxygens (including phenoxy) is 1. The van der Waals surface area contributed by atoms with Crippen LogP contribution in [0.5, 0.6) is 5.88 Å². The van der Waals surface area contributed by atoms with Crippen molar-refractivity contribution in [1.82, 2.24) is 35.0 Å².